The van der Waals surface area contributed by atoms with Gasteiger partial charge in [0.05, 0.1) is 0 Å². The van der Waals surface area contributed by atoms with Gasteiger partial charge in [-0.3, -0.25) is 0 Å². The zero-order valence-corrected chi connectivity index (χ0v) is 6.40. The van der Waals surface area contributed by atoms with Gasteiger partial charge in [-0.25, -0.2) is 0 Å². The summed E-state index contributed by atoms with van der Waals surface area (Å²) in [6.07, 6.45) is 6.94. The Kier molecular flexibility index (Phi) is 2.56. The Morgan fingerprint density at radius 2 is 2.00 bits per heavy atom. The Morgan fingerprint density at radius 3 is 2.44 bits per heavy atom. The van der Waals surface area contributed by atoms with Crippen LogP contribution < -0.4 is 0 Å². The Balaban J connectivity index is 2.30. The van der Waals surface area contributed by atoms with Crippen molar-refractivity contribution in [3.05, 3.63) is 6.92 Å². The fraction of sp³-hybridized carbons (Fsp3) is 0.889. The van der Waals surface area contributed by atoms with Crippen LogP contribution in [0.5, 0.6) is 0 Å². The largest absolute Gasteiger partial charge is 0.0622 e. The lowest BCUT2D eigenvalue weighted by Gasteiger charge is -2.27. The van der Waals surface area contributed by atoms with Gasteiger partial charge in [-0.05, 0) is 11.8 Å². The Bertz CT molecular complexity index is 76.1. The molecule has 9 heavy (non-hydrogen) atoms. The smallest absolute Gasteiger partial charge is 0.0388 e. The summed E-state index contributed by atoms with van der Waals surface area (Å²) in [5.41, 5.74) is 0. The van der Waals surface area contributed by atoms with Crippen LogP contribution in [0.25, 0.3) is 0 Å². The molecule has 0 saturated heterocycles. The van der Waals surface area contributed by atoms with Gasteiger partial charge >= 0.3 is 0 Å². The molecule has 0 N–H and O–H groups in total. The first-order chi connectivity index (χ1) is 4.34. The van der Waals surface area contributed by atoms with Crippen LogP contribution in [-0.4, -0.2) is 0 Å². The summed E-state index contributed by atoms with van der Waals surface area (Å²) in [6, 6.07) is 0. The predicted molar refractivity (Wildman–Crippen MR) is 41.1 cm³/mol. The quantitative estimate of drug-likeness (QED) is 0.505. The lowest BCUT2D eigenvalue weighted by Crippen LogP contribution is -2.15. The summed E-state index contributed by atoms with van der Waals surface area (Å²) >= 11 is 0. The molecule has 1 aliphatic carbocycles. The van der Waals surface area contributed by atoms with E-state index in [1.807, 2.05) is 0 Å². The van der Waals surface area contributed by atoms with Crippen LogP contribution >= 0.6 is 0 Å². The molecule has 2 atom stereocenters. The van der Waals surface area contributed by atoms with Gasteiger partial charge in [0.2, 0.25) is 0 Å². The zero-order chi connectivity index (χ0) is 6.69. The first-order valence-electron chi connectivity index (χ1n) is 4.14. The minimum absolute atomic E-state index is 0.943. The van der Waals surface area contributed by atoms with Crippen LogP contribution in [-0.2, 0) is 0 Å². The third-order valence-corrected chi connectivity index (χ3v) is 2.66. The van der Waals surface area contributed by atoms with Crippen LogP contribution in [0, 0.1) is 18.8 Å². The van der Waals surface area contributed by atoms with Crippen LogP contribution in [0.1, 0.15) is 39.0 Å². The highest BCUT2D eigenvalue weighted by Crippen LogP contribution is 2.31. The monoisotopic (exact) mass is 125 g/mol. The van der Waals surface area contributed by atoms with Crippen LogP contribution in [0.4, 0.5) is 0 Å². The lowest BCUT2D eigenvalue weighted by molar-refractivity contribution is 0.257. The molecular formula is C9H17. The van der Waals surface area contributed by atoms with E-state index in [4.69, 9.17) is 0 Å². The molecule has 0 heterocycles. The van der Waals surface area contributed by atoms with E-state index in [-0.39, 0.29) is 0 Å². The third-order valence-electron chi connectivity index (χ3n) is 2.66. The van der Waals surface area contributed by atoms with Gasteiger partial charge in [0.15, 0.2) is 0 Å². The average Bonchev–Trinajstić information content (AvgIpc) is 1.89. The summed E-state index contributed by atoms with van der Waals surface area (Å²) < 4.78 is 0. The van der Waals surface area contributed by atoms with E-state index in [0.29, 0.717) is 0 Å². The maximum Gasteiger partial charge on any atom is -0.0388 e. The first-order valence-corrected chi connectivity index (χ1v) is 4.14. The zero-order valence-electron chi connectivity index (χ0n) is 6.40. The van der Waals surface area contributed by atoms with Crippen molar-refractivity contribution in [1.29, 1.82) is 0 Å². The van der Waals surface area contributed by atoms with Crippen molar-refractivity contribution < 1.29 is 0 Å². The summed E-state index contributed by atoms with van der Waals surface area (Å²) in [6.45, 7) is 6.33. The summed E-state index contributed by atoms with van der Waals surface area (Å²) in [7, 11) is 0. The molecule has 1 radical (unpaired) electrons. The summed E-state index contributed by atoms with van der Waals surface area (Å²) in [5, 5.41) is 0. The minimum Gasteiger partial charge on any atom is -0.0622 e. The van der Waals surface area contributed by atoms with Gasteiger partial charge in [0.1, 0.15) is 0 Å². The molecule has 0 amide bonds. The molecule has 0 aromatic heterocycles. The van der Waals surface area contributed by atoms with E-state index in [0.717, 1.165) is 18.3 Å². The molecule has 2 unspecified atom stereocenters. The van der Waals surface area contributed by atoms with Crippen molar-refractivity contribution in [2.24, 2.45) is 11.8 Å². The van der Waals surface area contributed by atoms with Gasteiger partial charge in [-0.2, -0.15) is 0 Å². The van der Waals surface area contributed by atoms with Crippen LogP contribution in [0.2, 0.25) is 0 Å². The van der Waals surface area contributed by atoms with Crippen molar-refractivity contribution in [3.8, 4) is 0 Å². The van der Waals surface area contributed by atoms with Crippen molar-refractivity contribution in [2.45, 2.75) is 39.0 Å². The molecule has 0 aromatic rings. The summed E-state index contributed by atoms with van der Waals surface area (Å²) in [4.78, 5) is 0. The number of rotatable bonds is 1. The highest BCUT2D eigenvalue weighted by Gasteiger charge is 2.18. The molecule has 1 rings (SSSR count). The second-order valence-corrected chi connectivity index (χ2v) is 3.31. The average molecular weight is 125 g/mol. The van der Waals surface area contributed by atoms with Gasteiger partial charge in [0, 0.05) is 0 Å². The maximum atomic E-state index is 3.96. The van der Waals surface area contributed by atoms with E-state index in [9.17, 15) is 0 Å². The Labute approximate surface area is 58.7 Å². The molecular weight excluding hydrogens is 108 g/mol. The van der Waals surface area contributed by atoms with Gasteiger partial charge < -0.3 is 0 Å². The Morgan fingerprint density at radius 1 is 1.33 bits per heavy atom. The van der Waals surface area contributed by atoms with Crippen LogP contribution in [0.3, 0.4) is 0 Å². The van der Waals surface area contributed by atoms with Gasteiger partial charge in [0.25, 0.3) is 0 Å². The highest BCUT2D eigenvalue weighted by atomic mass is 14.2. The molecule has 0 spiro atoms. The molecule has 53 valence electrons. The fourth-order valence-electron chi connectivity index (χ4n) is 1.82. The third kappa shape index (κ3) is 1.70. The molecule has 1 aliphatic rings. The molecule has 0 nitrogen and oxygen atoms in total. The second kappa shape index (κ2) is 3.24. The molecule has 0 heteroatoms. The normalized spacial score (nSPS) is 36.7. The maximum absolute atomic E-state index is 3.96. The first kappa shape index (κ1) is 7.11. The van der Waals surface area contributed by atoms with Crippen molar-refractivity contribution >= 4 is 0 Å². The number of hydrogen-bond donors (Lipinski definition) is 0. The molecule has 0 bridgehead atoms. The van der Waals surface area contributed by atoms with Gasteiger partial charge in [-0.1, -0.05) is 46.0 Å². The topological polar surface area (TPSA) is 0 Å². The van der Waals surface area contributed by atoms with Crippen molar-refractivity contribution in [2.75, 3.05) is 0 Å². The van der Waals surface area contributed by atoms with E-state index < -0.39 is 0 Å². The van der Waals surface area contributed by atoms with E-state index in [1.54, 1.807) is 0 Å². The van der Waals surface area contributed by atoms with Crippen LogP contribution in [0.15, 0.2) is 0 Å². The fourth-order valence-corrected chi connectivity index (χ4v) is 1.82. The number of hydrogen-bond acceptors (Lipinski definition) is 0. The SMILES string of the molecule is [CH2]CC1CCCCC1C. The van der Waals surface area contributed by atoms with E-state index >= 15 is 0 Å². The lowest BCUT2D eigenvalue weighted by atomic mass is 9.79. The molecule has 1 saturated carbocycles. The molecule has 0 aromatic carbocycles. The molecule has 0 aliphatic heterocycles. The van der Waals surface area contributed by atoms with E-state index in [2.05, 4.69) is 13.8 Å². The van der Waals surface area contributed by atoms with Crippen molar-refractivity contribution in [3.63, 3.8) is 0 Å². The van der Waals surface area contributed by atoms with Gasteiger partial charge in [-0.15, -0.1) is 0 Å². The standard InChI is InChI=1S/C9H17/c1-3-9-7-5-4-6-8(9)2/h8-9H,1,3-7H2,2H3. The highest BCUT2D eigenvalue weighted by molar-refractivity contribution is 4.72. The Hall–Kier alpha value is 0. The second-order valence-electron chi connectivity index (χ2n) is 3.31. The predicted octanol–water partition coefficient (Wildman–Crippen LogP) is 3.04. The molecule has 1 fully saturated rings. The van der Waals surface area contributed by atoms with E-state index in [1.165, 1.54) is 25.7 Å². The summed E-state index contributed by atoms with van der Waals surface area (Å²) in [5.74, 6) is 1.90. The minimum atomic E-state index is 0.943. The van der Waals surface area contributed by atoms with Crippen molar-refractivity contribution in [1.82, 2.24) is 0 Å².